The van der Waals surface area contributed by atoms with Gasteiger partial charge in [0.2, 0.25) is 0 Å². The third kappa shape index (κ3) is 3.14. The fourth-order valence-corrected chi connectivity index (χ4v) is 2.65. The lowest BCUT2D eigenvalue weighted by Gasteiger charge is -2.41. The van der Waals surface area contributed by atoms with Crippen molar-refractivity contribution in [2.45, 2.75) is 37.1 Å². The van der Waals surface area contributed by atoms with Crippen molar-refractivity contribution in [2.75, 3.05) is 19.0 Å². The molecule has 3 saturated heterocycles. The van der Waals surface area contributed by atoms with Crippen LogP contribution in [0.4, 0.5) is 0 Å². The summed E-state index contributed by atoms with van der Waals surface area (Å²) in [7, 11) is 0. The summed E-state index contributed by atoms with van der Waals surface area (Å²) in [6.07, 6.45) is -3.42. The van der Waals surface area contributed by atoms with Gasteiger partial charge in [-0.2, -0.15) is 0 Å². The molecule has 0 spiro atoms. The molecule has 3 fully saturated rings. The van der Waals surface area contributed by atoms with Crippen LogP contribution in [0.2, 0.25) is 0 Å². The van der Waals surface area contributed by atoms with Crippen LogP contribution < -0.4 is 5.73 Å². The van der Waals surface area contributed by atoms with Gasteiger partial charge in [-0.1, -0.05) is 11.8 Å². The highest BCUT2D eigenvalue weighted by Crippen LogP contribution is 2.28. The van der Waals surface area contributed by atoms with Gasteiger partial charge in [0, 0.05) is 12.4 Å². The van der Waals surface area contributed by atoms with Crippen molar-refractivity contribution in [3.05, 3.63) is 0 Å². The van der Waals surface area contributed by atoms with E-state index in [-0.39, 0.29) is 5.17 Å². The Hall–Kier alpha value is -0.380. The number of hydrogen-bond donors (Lipinski definition) is 4. The highest BCUT2D eigenvalue weighted by molar-refractivity contribution is 8.13. The topological polar surface area (TPSA) is 118 Å². The predicted molar refractivity (Wildman–Crippen MR) is 65.4 cm³/mol. The van der Waals surface area contributed by atoms with Gasteiger partial charge in [-0.05, 0) is 6.42 Å². The number of amidine groups is 1. The summed E-state index contributed by atoms with van der Waals surface area (Å²) >= 11 is 1.11. The molecule has 2 bridgehead atoms. The standard InChI is InChI=1S/C10H18N2O5S/c11-10(12)18-4-5-8-6(13)7(14)9(17-5)16-3-1-2-15-8/h5-9,13-14H,1-4H2,(H3,11,12). The first kappa shape index (κ1) is 14.0. The zero-order chi connectivity index (χ0) is 13.1. The monoisotopic (exact) mass is 278 g/mol. The van der Waals surface area contributed by atoms with Crippen molar-refractivity contribution in [1.82, 2.24) is 0 Å². The molecule has 5 atom stereocenters. The number of aliphatic hydroxyl groups excluding tert-OH is 2. The van der Waals surface area contributed by atoms with Crippen LogP contribution in [0.25, 0.3) is 0 Å². The number of nitrogens with one attached hydrogen (secondary N) is 1. The van der Waals surface area contributed by atoms with Gasteiger partial charge >= 0.3 is 0 Å². The van der Waals surface area contributed by atoms with Crippen LogP contribution in [0.3, 0.4) is 0 Å². The molecule has 18 heavy (non-hydrogen) atoms. The normalized spacial score (nSPS) is 40.9. The van der Waals surface area contributed by atoms with E-state index in [1.54, 1.807) is 0 Å². The molecule has 3 aliphatic heterocycles. The minimum absolute atomic E-state index is 0.0229. The molecular formula is C10H18N2O5S. The second-order valence-corrected chi connectivity index (χ2v) is 5.32. The van der Waals surface area contributed by atoms with Crippen molar-refractivity contribution in [3.8, 4) is 0 Å². The van der Waals surface area contributed by atoms with E-state index in [2.05, 4.69) is 0 Å². The Morgan fingerprint density at radius 1 is 1.28 bits per heavy atom. The first-order valence-electron chi connectivity index (χ1n) is 5.81. The van der Waals surface area contributed by atoms with Gasteiger partial charge in [0.15, 0.2) is 11.5 Å². The van der Waals surface area contributed by atoms with Gasteiger partial charge in [-0.15, -0.1) is 0 Å². The second-order valence-electron chi connectivity index (χ2n) is 4.26. The average Bonchev–Trinajstić information content (AvgIpc) is 2.47. The summed E-state index contributed by atoms with van der Waals surface area (Å²) in [5.74, 6) is 0.379. The van der Waals surface area contributed by atoms with Crippen LogP contribution in [0, 0.1) is 5.41 Å². The van der Waals surface area contributed by atoms with Crippen molar-refractivity contribution in [3.63, 3.8) is 0 Å². The maximum atomic E-state index is 10.0. The van der Waals surface area contributed by atoms with Gasteiger partial charge < -0.3 is 30.2 Å². The molecule has 104 valence electrons. The van der Waals surface area contributed by atoms with E-state index in [1.807, 2.05) is 0 Å². The Morgan fingerprint density at radius 3 is 2.72 bits per heavy atom. The molecular weight excluding hydrogens is 260 g/mol. The molecule has 7 nitrogen and oxygen atoms in total. The third-order valence-electron chi connectivity index (χ3n) is 2.92. The molecule has 0 saturated carbocycles. The molecule has 0 aromatic rings. The first-order valence-corrected chi connectivity index (χ1v) is 6.80. The van der Waals surface area contributed by atoms with E-state index in [0.29, 0.717) is 25.4 Å². The fourth-order valence-electron chi connectivity index (χ4n) is 2.03. The van der Waals surface area contributed by atoms with Gasteiger partial charge in [-0.3, -0.25) is 5.41 Å². The SMILES string of the molecule is N=C(N)SCC1OC2OCCCOC1C(O)C2O. The number of rotatable bonds is 2. The van der Waals surface area contributed by atoms with Gasteiger partial charge in [-0.25, -0.2) is 0 Å². The van der Waals surface area contributed by atoms with Crippen LogP contribution in [-0.4, -0.2) is 65.1 Å². The Balaban J connectivity index is 2.07. The van der Waals surface area contributed by atoms with Crippen LogP contribution in [-0.2, 0) is 14.2 Å². The molecule has 5 N–H and O–H groups in total. The molecule has 0 aliphatic carbocycles. The maximum absolute atomic E-state index is 10.0. The van der Waals surface area contributed by atoms with Crippen molar-refractivity contribution in [2.24, 2.45) is 5.73 Å². The van der Waals surface area contributed by atoms with E-state index in [1.165, 1.54) is 0 Å². The largest absolute Gasteiger partial charge is 0.387 e. The van der Waals surface area contributed by atoms with Crippen LogP contribution in [0.15, 0.2) is 0 Å². The van der Waals surface area contributed by atoms with Crippen molar-refractivity contribution < 1.29 is 24.4 Å². The zero-order valence-electron chi connectivity index (χ0n) is 9.82. The Morgan fingerprint density at radius 2 is 2.00 bits per heavy atom. The Bertz CT molecular complexity index is 304. The molecule has 3 aliphatic rings. The quantitative estimate of drug-likeness (QED) is 0.372. The minimum Gasteiger partial charge on any atom is -0.387 e. The zero-order valence-corrected chi connectivity index (χ0v) is 10.6. The lowest BCUT2D eigenvalue weighted by Crippen LogP contribution is -2.59. The Labute approximate surface area is 109 Å². The molecule has 0 radical (unpaired) electrons. The molecule has 8 heteroatoms. The van der Waals surface area contributed by atoms with Crippen LogP contribution >= 0.6 is 11.8 Å². The van der Waals surface area contributed by atoms with Gasteiger partial charge in [0.05, 0.1) is 12.7 Å². The molecule has 0 aromatic carbocycles. The molecule has 3 heterocycles. The third-order valence-corrected chi connectivity index (χ3v) is 3.73. The van der Waals surface area contributed by atoms with E-state index in [4.69, 9.17) is 25.4 Å². The maximum Gasteiger partial charge on any atom is 0.186 e. The lowest BCUT2D eigenvalue weighted by molar-refractivity contribution is -0.289. The smallest absolute Gasteiger partial charge is 0.186 e. The van der Waals surface area contributed by atoms with Crippen molar-refractivity contribution >= 4 is 16.9 Å². The number of fused-ring (bicyclic) bond motifs is 6. The summed E-state index contributed by atoms with van der Waals surface area (Å²) in [6, 6.07) is 0. The van der Waals surface area contributed by atoms with E-state index >= 15 is 0 Å². The molecule has 3 rings (SSSR count). The van der Waals surface area contributed by atoms with Crippen LogP contribution in [0.5, 0.6) is 0 Å². The summed E-state index contributed by atoms with van der Waals surface area (Å²) in [6.45, 7) is 0.847. The van der Waals surface area contributed by atoms with Gasteiger partial charge in [0.25, 0.3) is 0 Å². The fraction of sp³-hybridized carbons (Fsp3) is 0.900. The van der Waals surface area contributed by atoms with E-state index in [0.717, 1.165) is 11.8 Å². The second kappa shape index (κ2) is 6.18. The predicted octanol–water partition coefficient (Wildman–Crippen LogP) is -1.13. The molecule has 5 unspecified atom stereocenters. The van der Waals surface area contributed by atoms with Gasteiger partial charge in [0.1, 0.15) is 18.3 Å². The van der Waals surface area contributed by atoms with Crippen LogP contribution in [0.1, 0.15) is 6.42 Å². The number of ether oxygens (including phenoxy) is 3. The van der Waals surface area contributed by atoms with E-state index in [9.17, 15) is 10.2 Å². The number of hydrogen-bond acceptors (Lipinski definition) is 7. The summed E-state index contributed by atoms with van der Waals surface area (Å²) in [4.78, 5) is 0. The molecule has 0 amide bonds. The number of aliphatic hydroxyl groups is 2. The highest BCUT2D eigenvalue weighted by Gasteiger charge is 2.46. The molecule has 0 aromatic heterocycles. The summed E-state index contributed by atoms with van der Waals surface area (Å²) in [5.41, 5.74) is 5.28. The number of nitrogens with two attached hydrogens (primary N) is 1. The lowest BCUT2D eigenvalue weighted by atomic mass is 10.00. The highest BCUT2D eigenvalue weighted by atomic mass is 32.2. The van der Waals surface area contributed by atoms with E-state index < -0.39 is 30.7 Å². The first-order chi connectivity index (χ1) is 8.59. The number of thioether (sulfide) groups is 1. The van der Waals surface area contributed by atoms with Crippen molar-refractivity contribution in [1.29, 1.82) is 5.41 Å². The summed E-state index contributed by atoms with van der Waals surface area (Å²) in [5, 5.41) is 27.0. The summed E-state index contributed by atoms with van der Waals surface area (Å²) < 4.78 is 16.5. The average molecular weight is 278 g/mol. The minimum atomic E-state index is -1.12. The Kier molecular flexibility index (Phi) is 4.82.